The highest BCUT2D eigenvalue weighted by Crippen LogP contribution is 2.23. The number of hydrogen-bond acceptors (Lipinski definition) is 2. The first-order valence-corrected chi connectivity index (χ1v) is 11.5. The van der Waals surface area contributed by atoms with E-state index in [9.17, 15) is 14.0 Å². The predicted octanol–water partition coefficient (Wildman–Crippen LogP) is 5.39. The third kappa shape index (κ3) is 7.47. The predicted molar refractivity (Wildman–Crippen MR) is 128 cm³/mol. The van der Waals surface area contributed by atoms with Gasteiger partial charge in [-0.15, -0.1) is 0 Å². The fourth-order valence-corrected chi connectivity index (χ4v) is 3.50. The molecule has 0 heterocycles. The van der Waals surface area contributed by atoms with E-state index in [1.165, 1.54) is 16.5 Å². The average molecular weight is 441 g/mol. The number of amides is 2. The van der Waals surface area contributed by atoms with E-state index in [1.54, 1.807) is 25.1 Å². The van der Waals surface area contributed by atoms with Gasteiger partial charge in [0.1, 0.15) is 11.9 Å². The summed E-state index contributed by atoms with van der Waals surface area (Å²) >= 11 is 0. The number of carbonyl (C=O) groups excluding carboxylic acids is 2. The lowest BCUT2D eigenvalue weighted by Crippen LogP contribution is -2.48. The Kier molecular flexibility index (Phi) is 9.42. The van der Waals surface area contributed by atoms with Gasteiger partial charge < -0.3 is 10.2 Å². The van der Waals surface area contributed by atoms with Crippen molar-refractivity contribution >= 4 is 11.8 Å². The lowest BCUT2D eigenvalue weighted by atomic mass is 9.86. The maximum atomic E-state index is 14.3. The van der Waals surface area contributed by atoms with Crippen LogP contribution in [0.1, 0.15) is 70.6 Å². The van der Waals surface area contributed by atoms with Crippen molar-refractivity contribution in [2.45, 2.75) is 78.3 Å². The fourth-order valence-electron chi connectivity index (χ4n) is 3.50. The minimum absolute atomic E-state index is 0.0663. The molecule has 0 saturated carbocycles. The molecule has 32 heavy (non-hydrogen) atoms. The van der Waals surface area contributed by atoms with Gasteiger partial charge in [0.05, 0.1) is 0 Å². The van der Waals surface area contributed by atoms with Crippen LogP contribution in [0.15, 0.2) is 48.5 Å². The largest absolute Gasteiger partial charge is 0.354 e. The first-order valence-electron chi connectivity index (χ1n) is 11.5. The smallest absolute Gasteiger partial charge is 0.242 e. The maximum Gasteiger partial charge on any atom is 0.242 e. The standard InChI is InChI=1S/C27H37FN2O2/c1-6-7-18-29-26(32)20(2)30(19-22-10-8-9-11-24(22)28)25(31)17-14-21-12-15-23(16-13-21)27(3,4)5/h8-13,15-16,20H,6-7,14,17-19H2,1-5H3,(H,29,32). The van der Waals surface area contributed by atoms with Crippen LogP contribution < -0.4 is 5.32 Å². The zero-order valence-electron chi connectivity index (χ0n) is 20.1. The molecule has 1 N–H and O–H groups in total. The van der Waals surface area contributed by atoms with E-state index in [0.29, 0.717) is 18.5 Å². The molecule has 1 atom stereocenters. The Morgan fingerprint density at radius 1 is 1.06 bits per heavy atom. The fraction of sp³-hybridized carbons (Fsp3) is 0.481. The van der Waals surface area contributed by atoms with Gasteiger partial charge in [0.2, 0.25) is 11.8 Å². The highest BCUT2D eigenvalue weighted by Gasteiger charge is 2.26. The van der Waals surface area contributed by atoms with Gasteiger partial charge in [0, 0.05) is 25.1 Å². The van der Waals surface area contributed by atoms with E-state index in [0.717, 1.165) is 18.4 Å². The first kappa shape index (κ1) is 25.6. The van der Waals surface area contributed by atoms with E-state index in [2.05, 4.69) is 57.3 Å². The molecule has 174 valence electrons. The molecule has 5 heteroatoms. The van der Waals surface area contributed by atoms with Crippen molar-refractivity contribution in [2.24, 2.45) is 0 Å². The summed E-state index contributed by atoms with van der Waals surface area (Å²) in [5.74, 6) is -0.745. The van der Waals surface area contributed by atoms with Gasteiger partial charge in [0.25, 0.3) is 0 Å². The number of halogens is 1. The number of nitrogens with one attached hydrogen (secondary N) is 1. The van der Waals surface area contributed by atoms with Crippen LogP contribution in [0.4, 0.5) is 4.39 Å². The van der Waals surface area contributed by atoms with Crippen molar-refractivity contribution in [1.29, 1.82) is 0 Å². The monoisotopic (exact) mass is 440 g/mol. The molecule has 1 unspecified atom stereocenters. The highest BCUT2D eigenvalue weighted by atomic mass is 19.1. The van der Waals surface area contributed by atoms with Crippen LogP contribution >= 0.6 is 0 Å². The third-order valence-electron chi connectivity index (χ3n) is 5.74. The molecule has 0 fully saturated rings. The van der Waals surface area contributed by atoms with E-state index in [-0.39, 0.29) is 36.0 Å². The summed E-state index contributed by atoms with van der Waals surface area (Å²) in [6.07, 6.45) is 2.68. The summed E-state index contributed by atoms with van der Waals surface area (Å²) in [7, 11) is 0. The number of unbranched alkanes of at least 4 members (excludes halogenated alkanes) is 1. The van der Waals surface area contributed by atoms with E-state index in [1.807, 2.05) is 0 Å². The molecule has 4 nitrogen and oxygen atoms in total. The summed E-state index contributed by atoms with van der Waals surface area (Å²) in [4.78, 5) is 27.3. The van der Waals surface area contributed by atoms with Crippen LogP contribution in [-0.2, 0) is 28.0 Å². The molecule has 0 aliphatic carbocycles. The zero-order chi connectivity index (χ0) is 23.7. The SMILES string of the molecule is CCCCNC(=O)C(C)N(Cc1ccccc1F)C(=O)CCc1ccc(C(C)(C)C)cc1. The minimum Gasteiger partial charge on any atom is -0.354 e. The zero-order valence-corrected chi connectivity index (χ0v) is 20.1. The lowest BCUT2D eigenvalue weighted by Gasteiger charge is -2.29. The second-order valence-electron chi connectivity index (χ2n) is 9.38. The topological polar surface area (TPSA) is 49.4 Å². The van der Waals surface area contributed by atoms with Crippen LogP contribution in [0.2, 0.25) is 0 Å². The molecule has 0 saturated heterocycles. The Morgan fingerprint density at radius 2 is 1.72 bits per heavy atom. The van der Waals surface area contributed by atoms with Crippen molar-refractivity contribution in [1.82, 2.24) is 10.2 Å². The summed E-state index contributed by atoms with van der Waals surface area (Å²) in [5, 5.41) is 2.89. The van der Waals surface area contributed by atoms with Crippen LogP contribution in [0.25, 0.3) is 0 Å². The summed E-state index contributed by atoms with van der Waals surface area (Å²) in [5.41, 5.74) is 2.79. The molecule has 2 rings (SSSR count). The molecular formula is C27H37FN2O2. The van der Waals surface area contributed by atoms with Crippen molar-refractivity contribution in [2.75, 3.05) is 6.54 Å². The molecular weight excluding hydrogens is 403 g/mol. The molecule has 0 aliphatic rings. The first-order chi connectivity index (χ1) is 15.1. The molecule has 2 amide bonds. The number of benzene rings is 2. The second kappa shape index (κ2) is 11.8. The summed E-state index contributed by atoms with van der Waals surface area (Å²) in [6, 6.07) is 14.0. The Balaban J connectivity index is 2.12. The molecule has 0 aliphatic heterocycles. The van der Waals surface area contributed by atoms with Crippen molar-refractivity contribution in [3.8, 4) is 0 Å². The number of hydrogen-bond donors (Lipinski definition) is 1. The maximum absolute atomic E-state index is 14.3. The van der Waals surface area contributed by atoms with Gasteiger partial charge in [-0.05, 0) is 42.4 Å². The van der Waals surface area contributed by atoms with Crippen LogP contribution in [0.3, 0.4) is 0 Å². The molecule has 2 aromatic rings. The van der Waals surface area contributed by atoms with E-state index in [4.69, 9.17) is 0 Å². The number of aryl methyl sites for hydroxylation is 1. The highest BCUT2D eigenvalue weighted by molar-refractivity contribution is 5.87. The molecule has 2 aromatic carbocycles. The molecule has 0 aromatic heterocycles. The van der Waals surface area contributed by atoms with Crippen molar-refractivity contribution < 1.29 is 14.0 Å². The van der Waals surface area contributed by atoms with Gasteiger partial charge in [-0.2, -0.15) is 0 Å². The Morgan fingerprint density at radius 3 is 2.31 bits per heavy atom. The number of rotatable bonds is 10. The molecule has 0 radical (unpaired) electrons. The normalized spacial score (nSPS) is 12.3. The van der Waals surface area contributed by atoms with Crippen molar-refractivity contribution in [3.63, 3.8) is 0 Å². The van der Waals surface area contributed by atoms with Crippen LogP contribution in [-0.4, -0.2) is 29.3 Å². The van der Waals surface area contributed by atoms with E-state index < -0.39 is 6.04 Å². The average Bonchev–Trinajstić information content (AvgIpc) is 2.76. The summed E-state index contributed by atoms with van der Waals surface area (Å²) in [6.45, 7) is 10.9. The van der Waals surface area contributed by atoms with Gasteiger partial charge in [0.15, 0.2) is 0 Å². The lowest BCUT2D eigenvalue weighted by molar-refractivity contribution is -0.140. The quantitative estimate of drug-likeness (QED) is 0.504. The minimum atomic E-state index is -0.678. The summed E-state index contributed by atoms with van der Waals surface area (Å²) < 4.78 is 14.3. The molecule has 0 spiro atoms. The van der Waals surface area contributed by atoms with Crippen LogP contribution in [0.5, 0.6) is 0 Å². The Hall–Kier alpha value is -2.69. The van der Waals surface area contributed by atoms with Gasteiger partial charge in [-0.25, -0.2) is 4.39 Å². The van der Waals surface area contributed by atoms with Gasteiger partial charge >= 0.3 is 0 Å². The van der Waals surface area contributed by atoms with E-state index >= 15 is 0 Å². The van der Waals surface area contributed by atoms with Crippen molar-refractivity contribution in [3.05, 3.63) is 71.0 Å². The Bertz CT molecular complexity index is 887. The number of nitrogens with zero attached hydrogens (tertiary/aromatic N) is 1. The molecule has 0 bridgehead atoms. The van der Waals surface area contributed by atoms with Crippen LogP contribution in [0, 0.1) is 5.82 Å². The number of carbonyl (C=O) groups is 2. The third-order valence-corrected chi connectivity index (χ3v) is 5.74. The van der Waals surface area contributed by atoms with Gasteiger partial charge in [-0.1, -0.05) is 76.6 Å². The van der Waals surface area contributed by atoms with Gasteiger partial charge in [-0.3, -0.25) is 9.59 Å². The second-order valence-corrected chi connectivity index (χ2v) is 9.38. The Labute approximate surface area is 192 Å².